The average molecular weight is 394 g/mol. The van der Waals surface area contributed by atoms with Crippen LogP contribution in [0, 0.1) is 0 Å². The van der Waals surface area contributed by atoms with E-state index in [1.807, 2.05) is 24.3 Å². The van der Waals surface area contributed by atoms with Gasteiger partial charge < -0.3 is 10.2 Å². The maximum Gasteiger partial charge on any atom is 0.264 e. The van der Waals surface area contributed by atoms with Gasteiger partial charge in [-0.05, 0) is 42.3 Å². The number of para-hydroxylation sites is 2. The molecule has 2 aromatic carbocycles. The van der Waals surface area contributed by atoms with Crippen molar-refractivity contribution in [3.8, 4) is 0 Å². The first kappa shape index (κ1) is 18.5. The maximum absolute atomic E-state index is 13.2. The van der Waals surface area contributed by atoms with Gasteiger partial charge in [-0.3, -0.25) is 9.10 Å². The molecule has 0 spiro atoms. The van der Waals surface area contributed by atoms with Crippen molar-refractivity contribution in [2.45, 2.75) is 18.2 Å². The number of carbonyl (C=O) groups is 1. The first-order valence-corrected chi connectivity index (χ1v) is 9.69. The van der Waals surface area contributed by atoms with E-state index in [0.29, 0.717) is 31.7 Å². The highest BCUT2D eigenvalue weighted by atomic mass is 35.5. The minimum absolute atomic E-state index is 0. The minimum Gasteiger partial charge on any atom is -0.382 e. The van der Waals surface area contributed by atoms with Gasteiger partial charge in [0.05, 0.1) is 22.8 Å². The molecule has 0 aromatic heterocycles. The minimum atomic E-state index is -3.64. The van der Waals surface area contributed by atoms with Crippen molar-refractivity contribution in [1.29, 1.82) is 0 Å². The lowest BCUT2D eigenvalue weighted by molar-refractivity contribution is -0.116. The number of halogens is 1. The number of sulfonamides is 1. The summed E-state index contributed by atoms with van der Waals surface area (Å²) in [6, 6.07) is 12.5. The lowest BCUT2D eigenvalue weighted by Gasteiger charge is -2.31. The number of rotatable bonds is 2. The van der Waals surface area contributed by atoms with Crippen LogP contribution in [0.5, 0.6) is 0 Å². The van der Waals surface area contributed by atoms with E-state index in [1.165, 1.54) is 11.2 Å². The molecule has 2 aliphatic heterocycles. The summed E-state index contributed by atoms with van der Waals surface area (Å²) in [6.07, 6.45) is 0.677. The normalized spacial score (nSPS) is 15.6. The summed E-state index contributed by atoms with van der Waals surface area (Å²) in [5.74, 6) is -0.0228. The average Bonchev–Trinajstić information content (AvgIpc) is 3.04. The van der Waals surface area contributed by atoms with Crippen LogP contribution in [0.25, 0.3) is 0 Å². The molecule has 2 aromatic rings. The quantitative estimate of drug-likeness (QED) is 0.851. The van der Waals surface area contributed by atoms with Gasteiger partial charge in [0.2, 0.25) is 5.91 Å². The van der Waals surface area contributed by atoms with Crippen molar-refractivity contribution < 1.29 is 13.2 Å². The highest BCUT2D eigenvalue weighted by Crippen LogP contribution is 2.35. The molecule has 4 rings (SSSR count). The van der Waals surface area contributed by atoms with Gasteiger partial charge in [-0.15, -0.1) is 12.4 Å². The van der Waals surface area contributed by atoms with E-state index >= 15 is 0 Å². The molecule has 1 N–H and O–H groups in total. The van der Waals surface area contributed by atoms with Crippen LogP contribution in [0.2, 0.25) is 0 Å². The molecule has 26 heavy (non-hydrogen) atoms. The predicted molar refractivity (Wildman–Crippen MR) is 105 cm³/mol. The summed E-state index contributed by atoms with van der Waals surface area (Å²) in [7, 11) is -3.64. The second-order valence-corrected chi connectivity index (χ2v) is 8.09. The first-order valence-electron chi connectivity index (χ1n) is 8.25. The molecule has 0 aliphatic carbocycles. The van der Waals surface area contributed by atoms with Crippen LogP contribution in [-0.4, -0.2) is 34.0 Å². The molecule has 0 atom stereocenters. The van der Waals surface area contributed by atoms with Crippen LogP contribution in [-0.2, 0) is 21.2 Å². The van der Waals surface area contributed by atoms with Gasteiger partial charge in [-0.25, -0.2) is 8.42 Å². The number of nitrogens with one attached hydrogen (secondary N) is 1. The van der Waals surface area contributed by atoms with Gasteiger partial charge in [0.15, 0.2) is 0 Å². The topological polar surface area (TPSA) is 69.7 Å². The third-order valence-corrected chi connectivity index (χ3v) is 6.53. The van der Waals surface area contributed by atoms with Crippen molar-refractivity contribution in [1.82, 2.24) is 0 Å². The largest absolute Gasteiger partial charge is 0.382 e. The molecule has 138 valence electrons. The summed E-state index contributed by atoms with van der Waals surface area (Å²) < 4.78 is 27.8. The van der Waals surface area contributed by atoms with E-state index in [0.717, 1.165) is 16.9 Å². The van der Waals surface area contributed by atoms with Crippen molar-refractivity contribution in [2.24, 2.45) is 0 Å². The Morgan fingerprint density at radius 1 is 1.08 bits per heavy atom. The Morgan fingerprint density at radius 3 is 2.62 bits per heavy atom. The summed E-state index contributed by atoms with van der Waals surface area (Å²) >= 11 is 0. The van der Waals surface area contributed by atoms with Crippen LogP contribution in [0.15, 0.2) is 47.4 Å². The standard InChI is InChI=1S/C18H19N3O3S.ClH/c1-13(22)20-10-8-14-12-15(6-7-17(14)20)25(23,24)21-11-9-19-16-4-2-3-5-18(16)21;/h2-7,12,19H,8-11H2,1H3;1H. The molecule has 8 heteroatoms. The number of nitrogens with zero attached hydrogens (tertiary/aromatic N) is 2. The number of anilines is 3. The van der Waals surface area contributed by atoms with Gasteiger partial charge in [0.1, 0.15) is 0 Å². The van der Waals surface area contributed by atoms with Crippen LogP contribution in [0.4, 0.5) is 17.1 Å². The Kier molecular flexibility index (Phi) is 4.86. The third-order valence-electron chi connectivity index (χ3n) is 4.72. The molecule has 1 amide bonds. The van der Waals surface area contributed by atoms with Gasteiger partial charge in [0.25, 0.3) is 10.0 Å². The van der Waals surface area contributed by atoms with E-state index in [-0.39, 0.29) is 23.2 Å². The number of fused-ring (bicyclic) bond motifs is 2. The molecule has 0 fully saturated rings. The number of hydrogen-bond donors (Lipinski definition) is 1. The SMILES string of the molecule is CC(=O)N1CCc2cc(S(=O)(=O)N3CCNc4ccccc43)ccc21.Cl. The second kappa shape index (κ2) is 6.81. The molecular weight excluding hydrogens is 374 g/mol. The van der Waals surface area contributed by atoms with Gasteiger partial charge in [-0.1, -0.05) is 12.1 Å². The summed E-state index contributed by atoms with van der Waals surface area (Å²) in [5, 5.41) is 3.23. The van der Waals surface area contributed by atoms with Crippen LogP contribution in [0.1, 0.15) is 12.5 Å². The van der Waals surface area contributed by atoms with Crippen molar-refractivity contribution in [2.75, 3.05) is 34.2 Å². The van der Waals surface area contributed by atoms with E-state index in [1.54, 1.807) is 23.1 Å². The zero-order chi connectivity index (χ0) is 17.6. The molecule has 2 aliphatic rings. The van der Waals surface area contributed by atoms with Gasteiger partial charge in [-0.2, -0.15) is 0 Å². The van der Waals surface area contributed by atoms with E-state index in [9.17, 15) is 13.2 Å². The molecule has 0 saturated carbocycles. The van der Waals surface area contributed by atoms with Gasteiger partial charge in [0, 0.05) is 25.7 Å². The molecule has 0 bridgehead atoms. The van der Waals surface area contributed by atoms with Crippen LogP contribution < -0.4 is 14.5 Å². The monoisotopic (exact) mass is 393 g/mol. The molecule has 0 radical (unpaired) electrons. The first-order chi connectivity index (χ1) is 12.0. The Labute approximate surface area is 159 Å². The summed E-state index contributed by atoms with van der Waals surface area (Å²) in [6.45, 7) is 3.08. The van der Waals surface area contributed by atoms with E-state index in [4.69, 9.17) is 0 Å². The smallest absolute Gasteiger partial charge is 0.264 e. The molecule has 0 unspecified atom stereocenters. The zero-order valence-electron chi connectivity index (χ0n) is 14.3. The highest BCUT2D eigenvalue weighted by molar-refractivity contribution is 7.92. The third kappa shape index (κ3) is 2.91. The fourth-order valence-corrected chi connectivity index (χ4v) is 5.03. The Hall–Kier alpha value is -2.25. The van der Waals surface area contributed by atoms with E-state index in [2.05, 4.69) is 5.32 Å². The fraction of sp³-hybridized carbons (Fsp3) is 0.278. The summed E-state index contributed by atoms with van der Waals surface area (Å²) in [5.41, 5.74) is 3.20. The predicted octanol–water partition coefficient (Wildman–Crippen LogP) is 2.64. The number of benzene rings is 2. The number of hydrogen-bond acceptors (Lipinski definition) is 4. The molecule has 6 nitrogen and oxygen atoms in total. The lowest BCUT2D eigenvalue weighted by Crippen LogP contribution is -2.38. The maximum atomic E-state index is 13.2. The van der Waals surface area contributed by atoms with Gasteiger partial charge >= 0.3 is 0 Å². The van der Waals surface area contributed by atoms with Crippen molar-refractivity contribution in [3.63, 3.8) is 0 Å². The van der Waals surface area contributed by atoms with Crippen molar-refractivity contribution in [3.05, 3.63) is 48.0 Å². The molecule has 2 heterocycles. The lowest BCUT2D eigenvalue weighted by atomic mass is 10.2. The Bertz CT molecular complexity index is 962. The fourth-order valence-electron chi connectivity index (χ4n) is 3.50. The number of carbonyl (C=O) groups excluding carboxylic acids is 1. The van der Waals surface area contributed by atoms with Crippen molar-refractivity contribution >= 4 is 45.4 Å². The Morgan fingerprint density at radius 2 is 1.85 bits per heavy atom. The highest BCUT2D eigenvalue weighted by Gasteiger charge is 2.31. The summed E-state index contributed by atoms with van der Waals surface area (Å²) in [4.78, 5) is 13.6. The van der Waals surface area contributed by atoms with E-state index < -0.39 is 10.0 Å². The second-order valence-electron chi connectivity index (χ2n) is 6.23. The molecular formula is C18H20ClN3O3S. The van der Waals surface area contributed by atoms with Crippen LogP contribution >= 0.6 is 12.4 Å². The number of amides is 1. The Balaban J connectivity index is 0.00000196. The van der Waals surface area contributed by atoms with Crippen LogP contribution in [0.3, 0.4) is 0 Å². The molecule has 0 saturated heterocycles. The zero-order valence-corrected chi connectivity index (χ0v) is 15.9.